The van der Waals surface area contributed by atoms with E-state index in [-0.39, 0.29) is 29.2 Å². The SMILES string of the molecule is CCOC(=O)c1ccc(-c2ccc(/C=C(\C#N)C(=O)Nc3ccccc3C(=O)OC)o2)cc1. The van der Waals surface area contributed by atoms with Gasteiger partial charge in [-0.3, -0.25) is 4.79 Å². The molecule has 0 spiro atoms. The molecule has 166 valence electrons. The Kier molecular flexibility index (Phi) is 7.39. The molecular formula is C25H20N2O6. The van der Waals surface area contributed by atoms with Crippen LogP contribution in [0.2, 0.25) is 0 Å². The van der Waals surface area contributed by atoms with Gasteiger partial charge in [0.15, 0.2) is 0 Å². The number of nitrogens with zero attached hydrogens (tertiary/aromatic N) is 1. The van der Waals surface area contributed by atoms with Crippen LogP contribution in [0.25, 0.3) is 17.4 Å². The van der Waals surface area contributed by atoms with Crippen LogP contribution in [0.4, 0.5) is 5.69 Å². The minimum absolute atomic E-state index is 0.164. The van der Waals surface area contributed by atoms with E-state index in [2.05, 4.69) is 5.32 Å². The first-order valence-electron chi connectivity index (χ1n) is 9.94. The van der Waals surface area contributed by atoms with Crippen LogP contribution in [0, 0.1) is 11.3 Å². The fourth-order valence-electron chi connectivity index (χ4n) is 2.93. The third kappa shape index (κ3) is 5.54. The number of ether oxygens (including phenoxy) is 2. The number of hydrogen-bond acceptors (Lipinski definition) is 7. The lowest BCUT2D eigenvalue weighted by atomic mass is 10.1. The summed E-state index contributed by atoms with van der Waals surface area (Å²) < 4.78 is 15.4. The topological polar surface area (TPSA) is 119 Å². The second kappa shape index (κ2) is 10.6. The van der Waals surface area contributed by atoms with Gasteiger partial charge in [-0.25, -0.2) is 9.59 Å². The molecule has 0 fully saturated rings. The Labute approximate surface area is 190 Å². The van der Waals surface area contributed by atoms with Crippen LogP contribution >= 0.6 is 0 Å². The maximum absolute atomic E-state index is 12.6. The Bertz CT molecular complexity index is 1250. The Hall–Kier alpha value is -4.64. The highest BCUT2D eigenvalue weighted by Crippen LogP contribution is 2.24. The molecule has 0 bridgehead atoms. The van der Waals surface area contributed by atoms with Gasteiger partial charge in [-0.2, -0.15) is 5.26 Å². The molecule has 2 aromatic carbocycles. The predicted molar refractivity (Wildman–Crippen MR) is 120 cm³/mol. The van der Waals surface area contributed by atoms with E-state index in [9.17, 15) is 19.6 Å². The lowest BCUT2D eigenvalue weighted by Gasteiger charge is -2.08. The maximum atomic E-state index is 12.6. The van der Waals surface area contributed by atoms with Crippen LogP contribution in [-0.4, -0.2) is 31.6 Å². The van der Waals surface area contributed by atoms with Crippen molar-refractivity contribution in [2.24, 2.45) is 0 Å². The van der Waals surface area contributed by atoms with Gasteiger partial charge in [0.1, 0.15) is 23.2 Å². The quantitative estimate of drug-likeness (QED) is 0.325. The number of nitriles is 1. The minimum Gasteiger partial charge on any atom is -0.465 e. The van der Waals surface area contributed by atoms with Gasteiger partial charge in [0.2, 0.25) is 0 Å². The van der Waals surface area contributed by atoms with Gasteiger partial charge in [-0.1, -0.05) is 24.3 Å². The molecule has 1 N–H and O–H groups in total. The molecule has 1 amide bonds. The van der Waals surface area contributed by atoms with Crippen LogP contribution in [-0.2, 0) is 14.3 Å². The largest absolute Gasteiger partial charge is 0.465 e. The molecule has 3 aromatic rings. The number of nitrogens with one attached hydrogen (secondary N) is 1. The zero-order valence-corrected chi connectivity index (χ0v) is 18.0. The predicted octanol–water partition coefficient (Wildman–Crippen LogP) is 4.46. The molecule has 33 heavy (non-hydrogen) atoms. The van der Waals surface area contributed by atoms with Gasteiger partial charge in [-0.15, -0.1) is 0 Å². The van der Waals surface area contributed by atoms with E-state index in [4.69, 9.17) is 13.9 Å². The molecule has 1 heterocycles. The summed E-state index contributed by atoms with van der Waals surface area (Å²) in [6, 6.07) is 18.1. The fourth-order valence-corrected chi connectivity index (χ4v) is 2.93. The normalized spacial score (nSPS) is 10.8. The van der Waals surface area contributed by atoms with Gasteiger partial charge in [0, 0.05) is 11.6 Å². The summed E-state index contributed by atoms with van der Waals surface area (Å²) in [4.78, 5) is 36.3. The van der Waals surface area contributed by atoms with Gasteiger partial charge in [0.05, 0.1) is 30.5 Å². The number of para-hydroxylation sites is 1. The summed E-state index contributed by atoms with van der Waals surface area (Å²) in [6.45, 7) is 2.02. The van der Waals surface area contributed by atoms with Crippen molar-refractivity contribution in [3.8, 4) is 17.4 Å². The highest BCUT2D eigenvalue weighted by atomic mass is 16.5. The van der Waals surface area contributed by atoms with Crippen molar-refractivity contribution in [2.45, 2.75) is 6.92 Å². The third-order valence-electron chi connectivity index (χ3n) is 4.54. The van der Waals surface area contributed by atoms with E-state index in [1.807, 2.05) is 6.07 Å². The number of esters is 2. The molecule has 0 aliphatic carbocycles. The average Bonchev–Trinajstić information content (AvgIpc) is 3.31. The molecule has 0 aliphatic rings. The molecule has 0 unspecified atom stereocenters. The summed E-state index contributed by atoms with van der Waals surface area (Å²) in [7, 11) is 1.24. The van der Waals surface area contributed by atoms with Gasteiger partial charge < -0.3 is 19.2 Å². The lowest BCUT2D eigenvalue weighted by molar-refractivity contribution is -0.112. The minimum atomic E-state index is -0.703. The van der Waals surface area contributed by atoms with Gasteiger partial charge in [0.25, 0.3) is 5.91 Å². The zero-order valence-electron chi connectivity index (χ0n) is 18.0. The number of benzene rings is 2. The van der Waals surface area contributed by atoms with E-state index >= 15 is 0 Å². The molecule has 0 radical (unpaired) electrons. The Morgan fingerprint density at radius 1 is 1.03 bits per heavy atom. The molecule has 8 nitrogen and oxygen atoms in total. The van der Waals surface area contributed by atoms with Crippen molar-refractivity contribution in [2.75, 3.05) is 19.0 Å². The van der Waals surface area contributed by atoms with E-state index < -0.39 is 17.8 Å². The van der Waals surface area contributed by atoms with Crippen molar-refractivity contribution >= 4 is 29.6 Å². The summed E-state index contributed by atoms with van der Waals surface area (Å²) >= 11 is 0. The average molecular weight is 444 g/mol. The number of methoxy groups -OCH3 is 1. The van der Waals surface area contributed by atoms with Gasteiger partial charge in [-0.05, 0) is 43.3 Å². The highest BCUT2D eigenvalue weighted by molar-refractivity contribution is 6.11. The second-order valence-electron chi connectivity index (χ2n) is 6.66. The molecule has 3 rings (SSSR count). The zero-order chi connectivity index (χ0) is 23.8. The molecular weight excluding hydrogens is 424 g/mol. The standard InChI is InChI=1S/C25H20N2O6/c1-3-32-24(29)17-10-8-16(9-11-17)22-13-12-19(33-22)14-18(15-26)23(28)27-21-7-5-4-6-20(21)25(30)31-2/h4-14H,3H2,1-2H3,(H,27,28)/b18-14+. The van der Waals surface area contributed by atoms with Crippen molar-refractivity contribution in [3.63, 3.8) is 0 Å². The van der Waals surface area contributed by atoms with Crippen LogP contribution in [0.5, 0.6) is 0 Å². The van der Waals surface area contributed by atoms with Crippen molar-refractivity contribution in [3.05, 3.63) is 83.1 Å². The van der Waals surface area contributed by atoms with Crippen molar-refractivity contribution < 1.29 is 28.3 Å². The van der Waals surface area contributed by atoms with E-state index in [1.54, 1.807) is 55.5 Å². The smallest absolute Gasteiger partial charge is 0.339 e. The van der Waals surface area contributed by atoms with Crippen LogP contribution in [0.3, 0.4) is 0 Å². The van der Waals surface area contributed by atoms with Crippen LogP contribution in [0.15, 0.2) is 70.7 Å². The summed E-state index contributed by atoms with van der Waals surface area (Å²) in [5.41, 5.74) is 1.29. The molecule has 8 heteroatoms. The van der Waals surface area contributed by atoms with E-state index in [1.165, 1.54) is 25.3 Å². The Balaban J connectivity index is 1.78. The first-order valence-corrected chi connectivity index (χ1v) is 9.94. The first kappa shape index (κ1) is 23.0. The number of amides is 1. The lowest BCUT2D eigenvalue weighted by Crippen LogP contribution is -2.16. The van der Waals surface area contributed by atoms with E-state index in [0.29, 0.717) is 16.9 Å². The number of furan rings is 1. The van der Waals surface area contributed by atoms with Crippen molar-refractivity contribution in [1.82, 2.24) is 0 Å². The maximum Gasteiger partial charge on any atom is 0.339 e. The van der Waals surface area contributed by atoms with Crippen molar-refractivity contribution in [1.29, 1.82) is 5.26 Å². The monoisotopic (exact) mass is 444 g/mol. The molecule has 0 saturated carbocycles. The van der Waals surface area contributed by atoms with Crippen LogP contribution < -0.4 is 5.32 Å². The number of hydrogen-bond donors (Lipinski definition) is 1. The Morgan fingerprint density at radius 3 is 2.42 bits per heavy atom. The number of carbonyl (C=O) groups is 3. The fraction of sp³-hybridized carbons (Fsp3) is 0.120. The molecule has 1 aromatic heterocycles. The number of carbonyl (C=O) groups excluding carboxylic acids is 3. The molecule has 0 aliphatic heterocycles. The van der Waals surface area contributed by atoms with Gasteiger partial charge >= 0.3 is 11.9 Å². The Morgan fingerprint density at radius 2 is 1.76 bits per heavy atom. The summed E-state index contributed by atoms with van der Waals surface area (Å²) in [6.07, 6.45) is 1.30. The first-order chi connectivity index (χ1) is 16.0. The summed E-state index contributed by atoms with van der Waals surface area (Å²) in [5.74, 6) is -0.952. The van der Waals surface area contributed by atoms with Crippen LogP contribution in [0.1, 0.15) is 33.4 Å². The highest BCUT2D eigenvalue weighted by Gasteiger charge is 2.16. The summed E-state index contributed by atoms with van der Waals surface area (Å²) in [5, 5.41) is 12.0. The molecule has 0 atom stereocenters. The second-order valence-corrected chi connectivity index (χ2v) is 6.66. The number of anilines is 1. The molecule has 0 saturated heterocycles. The van der Waals surface area contributed by atoms with E-state index in [0.717, 1.165) is 0 Å². The number of rotatable bonds is 7. The third-order valence-corrected chi connectivity index (χ3v) is 4.54.